The second kappa shape index (κ2) is 7.73. The molecule has 0 radical (unpaired) electrons. The quantitative estimate of drug-likeness (QED) is 0.307. The van der Waals surface area contributed by atoms with Crippen LogP contribution in [0.5, 0.6) is 0 Å². The number of fused-ring (bicyclic) bond motifs is 2. The number of aromatic nitrogens is 7. The van der Waals surface area contributed by atoms with Crippen LogP contribution in [0, 0.1) is 23.0 Å². The number of halogens is 2. The van der Waals surface area contributed by atoms with Crippen molar-refractivity contribution in [3.63, 3.8) is 0 Å². The van der Waals surface area contributed by atoms with Crippen molar-refractivity contribution < 1.29 is 23.8 Å². The number of aliphatic hydroxyl groups is 2. The fourth-order valence-corrected chi connectivity index (χ4v) is 5.34. The monoisotopic (exact) mass is 497 g/mol. The van der Waals surface area contributed by atoms with Gasteiger partial charge in [-0.3, -0.25) is 4.79 Å². The van der Waals surface area contributed by atoms with E-state index in [-0.39, 0.29) is 23.5 Å². The second-order valence-electron chi connectivity index (χ2n) is 8.98. The summed E-state index contributed by atoms with van der Waals surface area (Å²) in [7, 11) is 3.15. The van der Waals surface area contributed by atoms with E-state index < -0.39 is 35.3 Å². The minimum atomic E-state index is -1.23. The van der Waals surface area contributed by atoms with Crippen LogP contribution in [-0.4, -0.2) is 76.9 Å². The van der Waals surface area contributed by atoms with Crippen molar-refractivity contribution in [1.29, 1.82) is 0 Å². The van der Waals surface area contributed by atoms with Gasteiger partial charge in [-0.05, 0) is 24.6 Å². The Morgan fingerprint density at radius 3 is 2.72 bits per heavy atom. The third-order valence-electron chi connectivity index (χ3n) is 7.20. The van der Waals surface area contributed by atoms with E-state index in [9.17, 15) is 23.8 Å². The summed E-state index contributed by atoms with van der Waals surface area (Å²) in [5.41, 5.74) is 0.317. The van der Waals surface area contributed by atoms with Gasteiger partial charge in [-0.1, -0.05) is 5.21 Å². The minimum Gasteiger partial charge on any atom is -0.389 e. The summed E-state index contributed by atoms with van der Waals surface area (Å²) < 4.78 is 29.9. The fourth-order valence-electron chi connectivity index (χ4n) is 5.34. The summed E-state index contributed by atoms with van der Waals surface area (Å²) in [5, 5.41) is 35.2. The van der Waals surface area contributed by atoms with E-state index in [0.29, 0.717) is 29.0 Å². The first kappa shape index (κ1) is 22.4. The lowest BCUT2D eigenvalue weighted by molar-refractivity contribution is -0.132. The van der Waals surface area contributed by atoms with Crippen molar-refractivity contribution >= 4 is 22.9 Å². The topological polar surface area (TPSA) is 156 Å². The molecular weight excluding hydrogens is 476 g/mol. The number of carbonyl (C=O) groups is 1. The van der Waals surface area contributed by atoms with Gasteiger partial charge in [-0.15, -0.1) is 5.10 Å². The van der Waals surface area contributed by atoms with Crippen molar-refractivity contribution in [2.75, 3.05) is 19.4 Å². The summed E-state index contributed by atoms with van der Waals surface area (Å²) in [4.78, 5) is 25.9. The molecule has 1 amide bonds. The molecule has 3 heterocycles. The third kappa shape index (κ3) is 2.97. The van der Waals surface area contributed by atoms with Crippen LogP contribution >= 0.6 is 0 Å². The Bertz CT molecular complexity index is 1520. The first-order chi connectivity index (χ1) is 17.3. The Kier molecular flexibility index (Phi) is 4.82. The molecule has 4 aromatic rings. The van der Waals surface area contributed by atoms with Crippen molar-refractivity contribution in [2.45, 2.75) is 24.7 Å². The van der Waals surface area contributed by atoms with Gasteiger partial charge in [0.25, 0.3) is 5.95 Å². The van der Waals surface area contributed by atoms with Crippen LogP contribution in [0.15, 0.2) is 30.7 Å². The van der Waals surface area contributed by atoms with Gasteiger partial charge in [-0.25, -0.2) is 13.8 Å². The van der Waals surface area contributed by atoms with E-state index in [4.69, 9.17) is 0 Å². The molecule has 0 saturated heterocycles. The highest BCUT2D eigenvalue weighted by Gasteiger charge is 2.75. The number of nitrogens with zero attached hydrogens (tertiary/aromatic N) is 7. The zero-order valence-electron chi connectivity index (χ0n) is 19.1. The molecule has 0 aliphatic heterocycles. The van der Waals surface area contributed by atoms with Gasteiger partial charge in [0.15, 0.2) is 28.6 Å². The molecular formula is C22H21F2N9O3. The molecule has 0 spiro atoms. The van der Waals surface area contributed by atoms with Crippen LogP contribution in [0.25, 0.3) is 28.4 Å². The Morgan fingerprint density at radius 2 is 2.00 bits per heavy atom. The van der Waals surface area contributed by atoms with Gasteiger partial charge in [0.1, 0.15) is 11.8 Å². The molecule has 3 aromatic heterocycles. The zero-order valence-corrected chi connectivity index (χ0v) is 19.1. The lowest BCUT2D eigenvalue weighted by Crippen LogP contribution is -2.41. The number of hydrogen-bond donors (Lipinski definition) is 4. The summed E-state index contributed by atoms with van der Waals surface area (Å²) in [6.07, 6.45) is 0.953. The number of anilines is 1. The first-order valence-corrected chi connectivity index (χ1v) is 11.2. The smallest absolute Gasteiger partial charge is 0.256 e. The normalized spacial score (nSPS) is 26.7. The minimum absolute atomic E-state index is 0.108. The van der Waals surface area contributed by atoms with Gasteiger partial charge in [0, 0.05) is 25.6 Å². The Morgan fingerprint density at radius 1 is 1.19 bits per heavy atom. The summed E-state index contributed by atoms with van der Waals surface area (Å²) >= 11 is 0. The Labute approximate surface area is 202 Å². The van der Waals surface area contributed by atoms with Crippen LogP contribution in [-0.2, 0) is 4.79 Å². The van der Waals surface area contributed by atoms with Gasteiger partial charge in [0.2, 0.25) is 5.91 Å². The Balaban J connectivity index is 1.42. The SMILES string of the molecule is CNC(=O)[C@]12CC1[C@@H](n1cnc3c(NC)nc(-n4cc(-c5ccc(F)c(F)c5)nn4)nc31)[C@H](O)C2O. The molecule has 12 nitrogen and oxygen atoms in total. The number of rotatable bonds is 5. The molecule has 2 aliphatic carbocycles. The molecule has 2 saturated carbocycles. The van der Waals surface area contributed by atoms with Gasteiger partial charge >= 0.3 is 0 Å². The molecule has 36 heavy (non-hydrogen) atoms. The van der Waals surface area contributed by atoms with E-state index in [1.807, 2.05) is 0 Å². The summed E-state index contributed by atoms with van der Waals surface area (Å²) in [5.74, 6) is -2.11. The molecule has 186 valence electrons. The molecule has 4 N–H and O–H groups in total. The van der Waals surface area contributed by atoms with Crippen LogP contribution in [0.2, 0.25) is 0 Å². The molecule has 1 aromatic carbocycles. The number of carbonyl (C=O) groups excluding carboxylic acids is 1. The van der Waals surface area contributed by atoms with Crippen molar-refractivity contribution in [2.24, 2.45) is 11.3 Å². The molecule has 0 bridgehead atoms. The molecule has 5 atom stereocenters. The average molecular weight is 497 g/mol. The van der Waals surface area contributed by atoms with E-state index in [0.717, 1.165) is 12.1 Å². The van der Waals surface area contributed by atoms with Crippen LogP contribution in [0.1, 0.15) is 12.5 Å². The highest BCUT2D eigenvalue weighted by atomic mass is 19.2. The summed E-state index contributed by atoms with van der Waals surface area (Å²) in [6.45, 7) is 0. The summed E-state index contributed by atoms with van der Waals surface area (Å²) in [6, 6.07) is 2.76. The van der Waals surface area contributed by atoms with E-state index >= 15 is 0 Å². The average Bonchev–Trinajstić information content (AvgIpc) is 3.16. The number of aliphatic hydroxyl groups excluding tert-OH is 2. The maximum Gasteiger partial charge on any atom is 0.256 e. The molecule has 14 heteroatoms. The van der Waals surface area contributed by atoms with Crippen LogP contribution in [0.3, 0.4) is 0 Å². The molecule has 2 fully saturated rings. The fraction of sp³-hybridized carbons (Fsp3) is 0.364. The van der Waals surface area contributed by atoms with Crippen molar-refractivity contribution in [1.82, 2.24) is 39.8 Å². The lowest BCUT2D eigenvalue weighted by atomic mass is 9.98. The lowest BCUT2D eigenvalue weighted by Gasteiger charge is -2.23. The molecule has 2 aliphatic rings. The largest absolute Gasteiger partial charge is 0.389 e. The maximum absolute atomic E-state index is 13.7. The second-order valence-corrected chi connectivity index (χ2v) is 8.98. The standard InChI is InChI=1S/C22H21F2N9O3/c1-25-18-14-19(32(8-27-14)15-10-6-22(10,20(36)26-2)17(35)16(15)34)29-21(28-18)33-7-13(30-31-33)9-3-4-11(23)12(24)5-9/h3-5,7-8,10,15-17,34-35H,6H2,1-2H3,(H,26,36)(H,25,28,29)/t10?,15-,16+,17?,22-/m1/s1. The Hall–Kier alpha value is -4.04. The first-order valence-electron chi connectivity index (χ1n) is 11.2. The molecule has 6 rings (SSSR count). The van der Waals surface area contributed by atoms with E-state index in [1.54, 1.807) is 11.6 Å². The van der Waals surface area contributed by atoms with Crippen molar-refractivity contribution in [3.8, 4) is 17.2 Å². The van der Waals surface area contributed by atoms with Gasteiger partial charge < -0.3 is 25.4 Å². The number of hydrogen-bond acceptors (Lipinski definition) is 9. The van der Waals surface area contributed by atoms with E-state index in [1.165, 1.54) is 30.3 Å². The highest BCUT2D eigenvalue weighted by molar-refractivity contribution is 5.88. The molecule has 2 unspecified atom stereocenters. The number of benzene rings is 1. The van der Waals surface area contributed by atoms with Gasteiger partial charge in [0.05, 0.1) is 30.1 Å². The zero-order chi connectivity index (χ0) is 25.4. The highest BCUT2D eigenvalue weighted by Crippen LogP contribution is 2.67. The number of nitrogens with one attached hydrogen (secondary N) is 2. The van der Waals surface area contributed by atoms with Gasteiger partial charge in [-0.2, -0.15) is 14.6 Å². The maximum atomic E-state index is 13.7. The van der Waals surface area contributed by atoms with E-state index in [2.05, 4.69) is 35.9 Å². The number of imidazole rings is 1. The van der Waals surface area contributed by atoms with Crippen LogP contribution < -0.4 is 10.6 Å². The third-order valence-corrected chi connectivity index (χ3v) is 7.20. The van der Waals surface area contributed by atoms with Crippen molar-refractivity contribution in [3.05, 3.63) is 42.4 Å². The predicted molar refractivity (Wildman–Crippen MR) is 121 cm³/mol. The number of amides is 1. The van der Waals surface area contributed by atoms with Crippen LogP contribution in [0.4, 0.5) is 14.6 Å². The predicted octanol–water partition coefficient (Wildman–Crippen LogP) is 0.423.